The van der Waals surface area contributed by atoms with E-state index in [9.17, 15) is 4.39 Å². The molecule has 1 aromatic rings. The molecule has 0 radical (unpaired) electrons. The van der Waals surface area contributed by atoms with Crippen molar-refractivity contribution in [2.24, 2.45) is 11.7 Å². The lowest BCUT2D eigenvalue weighted by Gasteiger charge is -2.17. The fraction of sp³-hybridized carbons (Fsp3) is 0.400. The first-order valence-electron chi connectivity index (χ1n) is 4.23. The van der Waals surface area contributed by atoms with Crippen molar-refractivity contribution in [2.45, 2.75) is 19.9 Å². The zero-order chi connectivity index (χ0) is 10.0. The molecule has 0 aliphatic carbocycles. The van der Waals surface area contributed by atoms with Crippen LogP contribution in [-0.4, -0.2) is 0 Å². The average molecular weight is 293 g/mol. The summed E-state index contributed by atoms with van der Waals surface area (Å²) < 4.78 is 13.7. The molecule has 1 aromatic carbocycles. The van der Waals surface area contributed by atoms with Gasteiger partial charge in [-0.3, -0.25) is 0 Å². The summed E-state index contributed by atoms with van der Waals surface area (Å²) in [5.74, 6) is 0.170. The van der Waals surface area contributed by atoms with Gasteiger partial charge in [-0.1, -0.05) is 19.9 Å². The van der Waals surface area contributed by atoms with Gasteiger partial charge in [0.15, 0.2) is 0 Å². The highest BCUT2D eigenvalue weighted by Crippen LogP contribution is 2.24. The largest absolute Gasteiger partial charge is 0.324 e. The van der Waals surface area contributed by atoms with Crippen molar-refractivity contribution < 1.29 is 4.39 Å². The van der Waals surface area contributed by atoms with Gasteiger partial charge in [0.05, 0.1) is 0 Å². The van der Waals surface area contributed by atoms with Gasteiger partial charge >= 0.3 is 0 Å². The molecule has 0 saturated carbocycles. The zero-order valence-electron chi connectivity index (χ0n) is 7.72. The second-order valence-electron chi connectivity index (χ2n) is 3.44. The first-order valence-corrected chi connectivity index (χ1v) is 5.30. The van der Waals surface area contributed by atoms with Gasteiger partial charge in [0.25, 0.3) is 0 Å². The third-order valence-corrected chi connectivity index (χ3v) is 2.97. The molecule has 1 atom stereocenters. The molecule has 0 aliphatic rings. The van der Waals surface area contributed by atoms with Crippen LogP contribution in [-0.2, 0) is 0 Å². The van der Waals surface area contributed by atoms with Crippen LogP contribution in [0.2, 0.25) is 0 Å². The molecular weight excluding hydrogens is 280 g/mol. The quantitative estimate of drug-likeness (QED) is 0.833. The molecular formula is C10H13FIN. The fourth-order valence-electron chi connectivity index (χ4n) is 1.13. The molecule has 0 bridgehead atoms. The van der Waals surface area contributed by atoms with Crippen molar-refractivity contribution in [3.8, 4) is 0 Å². The van der Waals surface area contributed by atoms with Gasteiger partial charge in [0, 0.05) is 9.61 Å². The first kappa shape index (κ1) is 10.9. The molecule has 1 rings (SSSR count). The van der Waals surface area contributed by atoms with Crippen LogP contribution in [0.5, 0.6) is 0 Å². The van der Waals surface area contributed by atoms with Crippen molar-refractivity contribution in [3.63, 3.8) is 0 Å². The standard InChI is InChI=1S/C10H13FIN/c1-6(2)10(13)8-4-3-7(11)5-9(8)12/h3-6,10H,13H2,1-2H3/t10-/m0/s1. The van der Waals surface area contributed by atoms with Crippen LogP contribution in [0.15, 0.2) is 18.2 Å². The van der Waals surface area contributed by atoms with E-state index in [1.54, 1.807) is 6.07 Å². The van der Waals surface area contributed by atoms with E-state index >= 15 is 0 Å². The number of hydrogen-bond acceptors (Lipinski definition) is 1. The summed E-state index contributed by atoms with van der Waals surface area (Å²) >= 11 is 2.11. The highest BCUT2D eigenvalue weighted by molar-refractivity contribution is 14.1. The number of hydrogen-bond donors (Lipinski definition) is 1. The van der Waals surface area contributed by atoms with Gasteiger partial charge in [-0.25, -0.2) is 4.39 Å². The lowest BCUT2D eigenvalue weighted by atomic mass is 9.97. The van der Waals surface area contributed by atoms with Crippen LogP contribution in [0.3, 0.4) is 0 Å². The Kier molecular flexibility index (Phi) is 3.67. The number of nitrogens with two attached hydrogens (primary N) is 1. The van der Waals surface area contributed by atoms with E-state index in [0.29, 0.717) is 5.92 Å². The van der Waals surface area contributed by atoms with Gasteiger partial charge in [-0.2, -0.15) is 0 Å². The minimum atomic E-state index is -0.205. The second kappa shape index (κ2) is 4.37. The Bertz CT molecular complexity index is 299. The third kappa shape index (κ3) is 2.64. The Balaban J connectivity index is 3.01. The predicted molar refractivity (Wildman–Crippen MR) is 60.9 cm³/mol. The molecule has 13 heavy (non-hydrogen) atoms. The number of benzene rings is 1. The van der Waals surface area contributed by atoms with E-state index in [1.807, 2.05) is 0 Å². The molecule has 3 heteroatoms. The lowest BCUT2D eigenvalue weighted by molar-refractivity contribution is 0.511. The first-order chi connectivity index (χ1) is 6.02. The monoisotopic (exact) mass is 293 g/mol. The van der Waals surface area contributed by atoms with Crippen LogP contribution in [0.1, 0.15) is 25.5 Å². The maximum absolute atomic E-state index is 12.8. The minimum Gasteiger partial charge on any atom is -0.324 e. The summed E-state index contributed by atoms with van der Waals surface area (Å²) in [5, 5.41) is 0. The molecule has 0 unspecified atom stereocenters. The Labute approximate surface area is 91.7 Å². The Morgan fingerprint density at radius 1 is 1.38 bits per heavy atom. The summed E-state index contributed by atoms with van der Waals surface area (Å²) in [6, 6.07) is 4.73. The van der Waals surface area contributed by atoms with Crippen LogP contribution >= 0.6 is 22.6 Å². The van der Waals surface area contributed by atoms with Crippen LogP contribution in [0.4, 0.5) is 4.39 Å². The Hall–Kier alpha value is -0.160. The van der Waals surface area contributed by atoms with E-state index in [4.69, 9.17) is 5.73 Å². The molecule has 0 spiro atoms. The number of halogens is 2. The summed E-state index contributed by atoms with van der Waals surface area (Å²) in [7, 11) is 0. The molecule has 0 heterocycles. The van der Waals surface area contributed by atoms with Gasteiger partial charge in [0.1, 0.15) is 5.82 Å². The third-order valence-electron chi connectivity index (χ3n) is 2.04. The average Bonchev–Trinajstić information content (AvgIpc) is 2.03. The van der Waals surface area contributed by atoms with Crippen molar-refractivity contribution in [1.82, 2.24) is 0 Å². The highest BCUT2D eigenvalue weighted by Gasteiger charge is 2.13. The highest BCUT2D eigenvalue weighted by atomic mass is 127. The second-order valence-corrected chi connectivity index (χ2v) is 4.60. The Morgan fingerprint density at radius 3 is 2.46 bits per heavy atom. The normalized spacial score (nSPS) is 13.4. The predicted octanol–water partition coefficient (Wildman–Crippen LogP) is 3.09. The zero-order valence-corrected chi connectivity index (χ0v) is 9.88. The van der Waals surface area contributed by atoms with E-state index in [-0.39, 0.29) is 11.9 Å². The van der Waals surface area contributed by atoms with Crippen molar-refractivity contribution in [2.75, 3.05) is 0 Å². The van der Waals surface area contributed by atoms with Crippen LogP contribution in [0.25, 0.3) is 0 Å². The van der Waals surface area contributed by atoms with Crippen LogP contribution in [0, 0.1) is 15.3 Å². The molecule has 1 nitrogen and oxygen atoms in total. The van der Waals surface area contributed by atoms with E-state index < -0.39 is 0 Å². The minimum absolute atomic E-state index is 0.00694. The Morgan fingerprint density at radius 2 is 2.00 bits per heavy atom. The fourth-order valence-corrected chi connectivity index (χ4v) is 1.97. The molecule has 0 amide bonds. The topological polar surface area (TPSA) is 26.0 Å². The van der Waals surface area contributed by atoms with E-state index in [0.717, 1.165) is 9.13 Å². The van der Waals surface area contributed by atoms with Crippen molar-refractivity contribution in [1.29, 1.82) is 0 Å². The van der Waals surface area contributed by atoms with Crippen LogP contribution < -0.4 is 5.73 Å². The van der Waals surface area contributed by atoms with Crippen molar-refractivity contribution in [3.05, 3.63) is 33.1 Å². The summed E-state index contributed by atoms with van der Waals surface area (Å²) in [5.41, 5.74) is 6.99. The summed E-state index contributed by atoms with van der Waals surface area (Å²) in [6.07, 6.45) is 0. The van der Waals surface area contributed by atoms with E-state index in [1.165, 1.54) is 12.1 Å². The van der Waals surface area contributed by atoms with Gasteiger partial charge < -0.3 is 5.73 Å². The SMILES string of the molecule is CC(C)[C@H](N)c1ccc(F)cc1I. The summed E-state index contributed by atoms with van der Waals surface area (Å²) in [6.45, 7) is 4.12. The maximum atomic E-state index is 12.8. The van der Waals surface area contributed by atoms with E-state index in [2.05, 4.69) is 36.4 Å². The smallest absolute Gasteiger partial charge is 0.124 e. The number of rotatable bonds is 2. The van der Waals surface area contributed by atoms with Gasteiger partial charge in [0.2, 0.25) is 0 Å². The van der Waals surface area contributed by atoms with Gasteiger partial charge in [-0.05, 0) is 46.2 Å². The maximum Gasteiger partial charge on any atom is 0.124 e. The van der Waals surface area contributed by atoms with Gasteiger partial charge in [-0.15, -0.1) is 0 Å². The molecule has 0 saturated heterocycles. The molecule has 0 aromatic heterocycles. The molecule has 0 fully saturated rings. The molecule has 72 valence electrons. The molecule has 2 N–H and O–H groups in total. The summed E-state index contributed by atoms with van der Waals surface area (Å²) in [4.78, 5) is 0. The molecule has 0 aliphatic heterocycles. The lowest BCUT2D eigenvalue weighted by Crippen LogP contribution is -2.17. The van der Waals surface area contributed by atoms with Crippen molar-refractivity contribution >= 4 is 22.6 Å².